The van der Waals surface area contributed by atoms with Gasteiger partial charge in [-0.3, -0.25) is 14.5 Å². The molecule has 3 heterocycles. The quantitative estimate of drug-likeness (QED) is 0.742. The monoisotopic (exact) mass is 340 g/mol. The Labute approximate surface area is 145 Å². The zero-order chi connectivity index (χ0) is 16.9. The van der Waals surface area contributed by atoms with Crippen molar-refractivity contribution in [1.82, 2.24) is 14.8 Å². The maximum atomic E-state index is 12.1. The van der Waals surface area contributed by atoms with Crippen LogP contribution in [0.15, 0.2) is 42.7 Å². The minimum absolute atomic E-state index is 0.0209. The van der Waals surface area contributed by atoms with Crippen LogP contribution in [0.5, 0.6) is 0 Å². The van der Waals surface area contributed by atoms with Gasteiger partial charge in [-0.2, -0.15) is 5.10 Å². The third-order valence-electron chi connectivity index (χ3n) is 3.75. The predicted molar refractivity (Wildman–Crippen MR) is 97.1 cm³/mol. The van der Waals surface area contributed by atoms with Gasteiger partial charge < -0.3 is 5.32 Å². The number of thiophene rings is 1. The zero-order valence-electron chi connectivity index (χ0n) is 13.8. The molecule has 0 aliphatic rings. The second-order valence-electron chi connectivity index (χ2n) is 5.69. The van der Waals surface area contributed by atoms with Gasteiger partial charge in [0.1, 0.15) is 5.82 Å². The molecule has 0 spiro atoms. The average Bonchev–Trinajstić information content (AvgIpc) is 3.15. The summed E-state index contributed by atoms with van der Waals surface area (Å²) in [6, 6.07) is 9.94. The first-order valence-electron chi connectivity index (χ1n) is 7.91. The van der Waals surface area contributed by atoms with Gasteiger partial charge in [-0.05, 0) is 44.0 Å². The molecule has 3 aromatic rings. The fourth-order valence-corrected chi connectivity index (χ4v) is 3.43. The van der Waals surface area contributed by atoms with E-state index in [1.54, 1.807) is 28.4 Å². The average molecular weight is 340 g/mol. The molecule has 0 saturated heterocycles. The lowest BCUT2D eigenvalue weighted by Gasteiger charge is -2.04. The summed E-state index contributed by atoms with van der Waals surface area (Å²) in [5.74, 6) is 0.728. The number of nitrogens with one attached hydrogen (secondary N) is 1. The zero-order valence-corrected chi connectivity index (χ0v) is 14.6. The maximum absolute atomic E-state index is 12.1. The van der Waals surface area contributed by atoms with E-state index in [1.807, 2.05) is 25.2 Å². The van der Waals surface area contributed by atoms with Gasteiger partial charge in [0, 0.05) is 47.2 Å². The summed E-state index contributed by atoms with van der Waals surface area (Å²) in [5, 5.41) is 7.38. The Bertz CT molecular complexity index is 823. The summed E-state index contributed by atoms with van der Waals surface area (Å²) in [5.41, 5.74) is 1.80. The Morgan fingerprint density at radius 1 is 1.25 bits per heavy atom. The molecule has 0 aromatic carbocycles. The van der Waals surface area contributed by atoms with Crippen LogP contribution in [-0.4, -0.2) is 20.7 Å². The number of pyridine rings is 1. The third-order valence-corrected chi connectivity index (χ3v) is 4.81. The molecule has 0 radical (unpaired) electrons. The van der Waals surface area contributed by atoms with Gasteiger partial charge in [-0.25, -0.2) is 0 Å². The van der Waals surface area contributed by atoms with Crippen LogP contribution in [0.1, 0.15) is 22.6 Å². The van der Waals surface area contributed by atoms with E-state index in [2.05, 4.69) is 34.5 Å². The van der Waals surface area contributed by atoms with Crippen molar-refractivity contribution in [3.63, 3.8) is 0 Å². The normalized spacial score (nSPS) is 10.8. The Morgan fingerprint density at radius 3 is 2.75 bits per heavy atom. The molecule has 0 bridgehead atoms. The molecule has 3 rings (SSSR count). The highest BCUT2D eigenvalue weighted by atomic mass is 32.1. The molecule has 0 aliphatic heterocycles. The smallest absolute Gasteiger partial charge is 0.225 e. The van der Waals surface area contributed by atoms with Crippen molar-refractivity contribution in [2.24, 2.45) is 7.05 Å². The minimum Gasteiger partial charge on any atom is -0.311 e. The van der Waals surface area contributed by atoms with Crippen molar-refractivity contribution < 1.29 is 4.79 Å². The first-order chi connectivity index (χ1) is 11.6. The van der Waals surface area contributed by atoms with E-state index in [0.29, 0.717) is 12.2 Å². The molecule has 1 N–H and O–H groups in total. The van der Waals surface area contributed by atoms with Crippen LogP contribution in [-0.2, 0) is 18.3 Å². The number of hydrogen-bond acceptors (Lipinski definition) is 4. The van der Waals surface area contributed by atoms with E-state index in [-0.39, 0.29) is 5.91 Å². The molecule has 5 nitrogen and oxygen atoms in total. The molecule has 3 aromatic heterocycles. The van der Waals surface area contributed by atoms with Gasteiger partial charge in [0.15, 0.2) is 0 Å². The van der Waals surface area contributed by atoms with Crippen molar-refractivity contribution in [3.05, 3.63) is 52.5 Å². The lowest BCUT2D eigenvalue weighted by Crippen LogP contribution is -2.14. The van der Waals surface area contributed by atoms with Crippen LogP contribution in [0, 0.1) is 6.92 Å². The lowest BCUT2D eigenvalue weighted by atomic mass is 10.2. The van der Waals surface area contributed by atoms with Crippen LogP contribution in [0.25, 0.3) is 11.3 Å². The van der Waals surface area contributed by atoms with Crippen molar-refractivity contribution in [2.45, 2.75) is 26.2 Å². The highest BCUT2D eigenvalue weighted by Crippen LogP contribution is 2.21. The Morgan fingerprint density at radius 2 is 2.04 bits per heavy atom. The van der Waals surface area contributed by atoms with E-state index in [1.165, 1.54) is 9.75 Å². The molecule has 0 saturated carbocycles. The van der Waals surface area contributed by atoms with Crippen molar-refractivity contribution in [3.8, 4) is 11.3 Å². The van der Waals surface area contributed by atoms with E-state index in [0.717, 1.165) is 24.1 Å². The standard InChI is InChI=1S/C18H20N4OS/c1-13-6-7-15(24-13)4-3-5-18(23)20-17-12-16(21-22(17)2)14-8-10-19-11-9-14/h6-12H,3-5H2,1-2H3,(H,20,23). The number of hydrogen-bond donors (Lipinski definition) is 1. The Balaban J connectivity index is 1.55. The summed E-state index contributed by atoms with van der Waals surface area (Å²) in [7, 11) is 1.83. The van der Waals surface area contributed by atoms with Crippen molar-refractivity contribution in [1.29, 1.82) is 0 Å². The lowest BCUT2D eigenvalue weighted by molar-refractivity contribution is -0.116. The SMILES string of the molecule is Cc1ccc(CCCC(=O)Nc2cc(-c3ccncc3)nn2C)s1. The number of rotatable bonds is 6. The van der Waals surface area contributed by atoms with Crippen LogP contribution in [0.4, 0.5) is 5.82 Å². The highest BCUT2D eigenvalue weighted by molar-refractivity contribution is 7.11. The molecule has 0 unspecified atom stereocenters. The van der Waals surface area contributed by atoms with E-state index >= 15 is 0 Å². The van der Waals surface area contributed by atoms with Gasteiger partial charge in [-0.1, -0.05) is 0 Å². The third kappa shape index (κ3) is 4.08. The summed E-state index contributed by atoms with van der Waals surface area (Å²) >= 11 is 1.80. The van der Waals surface area contributed by atoms with Gasteiger partial charge in [0.25, 0.3) is 0 Å². The topological polar surface area (TPSA) is 59.8 Å². The number of carbonyl (C=O) groups is 1. The number of aryl methyl sites for hydroxylation is 3. The van der Waals surface area contributed by atoms with Crippen LogP contribution < -0.4 is 5.32 Å². The van der Waals surface area contributed by atoms with Gasteiger partial charge in [0.05, 0.1) is 5.69 Å². The van der Waals surface area contributed by atoms with E-state index < -0.39 is 0 Å². The molecular weight excluding hydrogens is 320 g/mol. The van der Waals surface area contributed by atoms with Gasteiger partial charge in [-0.15, -0.1) is 11.3 Å². The molecule has 124 valence electrons. The van der Waals surface area contributed by atoms with Crippen LogP contribution >= 0.6 is 11.3 Å². The number of aromatic nitrogens is 3. The summed E-state index contributed by atoms with van der Waals surface area (Å²) in [6.07, 6.45) is 5.76. The van der Waals surface area contributed by atoms with Gasteiger partial charge in [0.2, 0.25) is 5.91 Å². The number of amides is 1. The Hall–Kier alpha value is -2.47. The first kappa shape index (κ1) is 16.4. The van der Waals surface area contributed by atoms with Crippen LogP contribution in [0.3, 0.4) is 0 Å². The fourth-order valence-electron chi connectivity index (χ4n) is 2.50. The van der Waals surface area contributed by atoms with Crippen molar-refractivity contribution in [2.75, 3.05) is 5.32 Å². The van der Waals surface area contributed by atoms with Gasteiger partial charge >= 0.3 is 0 Å². The van der Waals surface area contributed by atoms with E-state index in [9.17, 15) is 4.79 Å². The molecule has 24 heavy (non-hydrogen) atoms. The fraction of sp³-hybridized carbons (Fsp3) is 0.278. The molecule has 0 fully saturated rings. The Kier molecular flexibility index (Phi) is 5.05. The predicted octanol–water partition coefficient (Wildman–Crippen LogP) is 3.81. The molecular formula is C18H20N4OS. The van der Waals surface area contributed by atoms with E-state index in [4.69, 9.17) is 0 Å². The summed E-state index contributed by atoms with van der Waals surface area (Å²) in [6.45, 7) is 2.10. The maximum Gasteiger partial charge on any atom is 0.225 e. The summed E-state index contributed by atoms with van der Waals surface area (Å²) in [4.78, 5) is 18.8. The van der Waals surface area contributed by atoms with Crippen LogP contribution in [0.2, 0.25) is 0 Å². The minimum atomic E-state index is 0.0209. The molecule has 6 heteroatoms. The highest BCUT2D eigenvalue weighted by Gasteiger charge is 2.10. The molecule has 0 aliphatic carbocycles. The molecule has 0 atom stereocenters. The number of anilines is 1. The second kappa shape index (κ2) is 7.40. The largest absolute Gasteiger partial charge is 0.311 e. The number of nitrogens with zero attached hydrogens (tertiary/aromatic N) is 3. The molecule has 1 amide bonds. The summed E-state index contributed by atoms with van der Waals surface area (Å²) < 4.78 is 1.69. The first-order valence-corrected chi connectivity index (χ1v) is 8.73. The van der Waals surface area contributed by atoms with Crippen molar-refractivity contribution >= 4 is 23.1 Å². The second-order valence-corrected chi connectivity index (χ2v) is 7.06. The number of carbonyl (C=O) groups excluding carboxylic acids is 1.